The molecule has 2 atom stereocenters. The van der Waals surface area contributed by atoms with Gasteiger partial charge < -0.3 is 5.73 Å². The van der Waals surface area contributed by atoms with E-state index in [1.54, 1.807) is 0 Å². The minimum absolute atomic E-state index is 0.330. The van der Waals surface area contributed by atoms with Gasteiger partial charge >= 0.3 is 0 Å². The van der Waals surface area contributed by atoms with E-state index in [1.807, 2.05) is 0 Å². The Morgan fingerprint density at radius 1 is 1.20 bits per heavy atom. The first-order valence-electron chi connectivity index (χ1n) is 7.64. The van der Waals surface area contributed by atoms with Crippen molar-refractivity contribution in [1.82, 2.24) is 4.98 Å². The highest BCUT2D eigenvalue weighted by atomic mass is 14.7. The van der Waals surface area contributed by atoms with Crippen molar-refractivity contribution in [2.75, 3.05) is 0 Å². The fourth-order valence-corrected chi connectivity index (χ4v) is 3.47. The minimum Gasteiger partial charge on any atom is -0.327 e. The molecule has 1 heterocycles. The second-order valence-electron chi connectivity index (χ2n) is 7.03. The predicted octanol–water partition coefficient (Wildman–Crippen LogP) is 3.93. The summed E-state index contributed by atoms with van der Waals surface area (Å²) in [6.07, 6.45) is 4.61. The lowest BCUT2D eigenvalue weighted by molar-refractivity contribution is 0.156. The Morgan fingerprint density at radius 3 is 2.85 bits per heavy atom. The molecule has 0 amide bonds. The maximum atomic E-state index is 6.33. The smallest absolute Gasteiger partial charge is 0.0705 e. The zero-order valence-electron chi connectivity index (χ0n) is 12.5. The largest absolute Gasteiger partial charge is 0.327 e. The van der Waals surface area contributed by atoms with E-state index in [-0.39, 0.29) is 0 Å². The van der Waals surface area contributed by atoms with Crippen molar-refractivity contribution in [2.45, 2.75) is 45.6 Å². The summed E-state index contributed by atoms with van der Waals surface area (Å²) in [4.78, 5) is 4.80. The van der Waals surface area contributed by atoms with E-state index in [0.29, 0.717) is 17.4 Å². The number of rotatable bonds is 2. The van der Waals surface area contributed by atoms with Gasteiger partial charge in [-0.25, -0.2) is 0 Å². The predicted molar refractivity (Wildman–Crippen MR) is 84.5 cm³/mol. The van der Waals surface area contributed by atoms with E-state index in [1.165, 1.54) is 23.9 Å². The zero-order valence-corrected chi connectivity index (χ0v) is 12.5. The van der Waals surface area contributed by atoms with E-state index in [2.05, 4.69) is 50.2 Å². The Bertz CT molecular complexity index is 603. The van der Waals surface area contributed by atoms with Crippen LogP contribution in [0.5, 0.6) is 0 Å². The number of fused-ring (bicyclic) bond motifs is 1. The summed E-state index contributed by atoms with van der Waals surface area (Å²) in [5.74, 6) is 0.562. The van der Waals surface area contributed by atoms with Gasteiger partial charge in [-0.1, -0.05) is 38.1 Å². The quantitative estimate of drug-likeness (QED) is 0.896. The molecule has 3 rings (SSSR count). The maximum absolute atomic E-state index is 6.33. The molecule has 1 saturated carbocycles. The third kappa shape index (κ3) is 2.85. The van der Waals surface area contributed by atoms with Gasteiger partial charge in [0.2, 0.25) is 0 Å². The third-order valence-corrected chi connectivity index (χ3v) is 4.70. The molecule has 1 aliphatic rings. The van der Waals surface area contributed by atoms with Crippen LogP contribution >= 0.6 is 0 Å². The van der Waals surface area contributed by atoms with Crippen molar-refractivity contribution in [3.05, 3.63) is 42.1 Å². The van der Waals surface area contributed by atoms with Gasteiger partial charge in [-0.15, -0.1) is 0 Å². The molecular formula is C18H24N2. The van der Waals surface area contributed by atoms with Gasteiger partial charge in [-0.3, -0.25) is 4.98 Å². The van der Waals surface area contributed by atoms with Crippen LogP contribution in [0.15, 0.2) is 36.4 Å². The van der Waals surface area contributed by atoms with Crippen molar-refractivity contribution < 1.29 is 0 Å². The van der Waals surface area contributed by atoms with Crippen molar-refractivity contribution in [3.63, 3.8) is 0 Å². The van der Waals surface area contributed by atoms with Crippen LogP contribution in [0.3, 0.4) is 0 Å². The van der Waals surface area contributed by atoms with Gasteiger partial charge in [0.25, 0.3) is 0 Å². The van der Waals surface area contributed by atoms with Crippen LogP contribution in [-0.4, -0.2) is 11.0 Å². The molecule has 20 heavy (non-hydrogen) atoms. The topological polar surface area (TPSA) is 38.9 Å². The summed E-state index contributed by atoms with van der Waals surface area (Å²) in [5, 5.41) is 1.21. The molecule has 0 spiro atoms. The molecule has 1 aromatic heterocycles. The number of nitrogens with zero attached hydrogens (tertiary/aromatic N) is 1. The highest BCUT2D eigenvalue weighted by Crippen LogP contribution is 2.39. The second-order valence-corrected chi connectivity index (χ2v) is 7.03. The third-order valence-electron chi connectivity index (χ3n) is 4.70. The Labute approximate surface area is 121 Å². The van der Waals surface area contributed by atoms with Gasteiger partial charge in [-0.2, -0.15) is 0 Å². The van der Waals surface area contributed by atoms with Crippen LogP contribution in [-0.2, 0) is 6.42 Å². The molecule has 1 aromatic carbocycles. The van der Waals surface area contributed by atoms with E-state index in [0.717, 1.165) is 18.4 Å². The molecule has 0 aliphatic heterocycles. The lowest BCUT2D eigenvalue weighted by Gasteiger charge is -2.39. The monoisotopic (exact) mass is 268 g/mol. The van der Waals surface area contributed by atoms with Gasteiger partial charge in [-0.05, 0) is 49.1 Å². The fraction of sp³-hybridized carbons (Fsp3) is 0.500. The molecule has 2 aromatic rings. The standard InChI is InChI=1S/C18H24N2/c1-18(2)10-9-16(19)14(12-18)11-15-8-7-13-5-3-4-6-17(13)20-15/h3-8,14,16H,9-12,19H2,1-2H3. The molecule has 1 fully saturated rings. The van der Waals surface area contributed by atoms with E-state index >= 15 is 0 Å². The fourth-order valence-electron chi connectivity index (χ4n) is 3.47. The number of para-hydroxylation sites is 1. The number of hydrogen-bond donors (Lipinski definition) is 1. The summed E-state index contributed by atoms with van der Waals surface area (Å²) in [7, 11) is 0. The normalized spacial score (nSPS) is 25.8. The molecule has 0 bridgehead atoms. The molecule has 1 aliphatic carbocycles. The van der Waals surface area contributed by atoms with Crippen molar-refractivity contribution in [3.8, 4) is 0 Å². The lowest BCUT2D eigenvalue weighted by atomic mass is 9.69. The summed E-state index contributed by atoms with van der Waals surface area (Å²) >= 11 is 0. The van der Waals surface area contributed by atoms with Crippen LogP contribution in [0.2, 0.25) is 0 Å². The molecular weight excluding hydrogens is 244 g/mol. The van der Waals surface area contributed by atoms with Crippen molar-refractivity contribution in [2.24, 2.45) is 17.1 Å². The van der Waals surface area contributed by atoms with Gasteiger partial charge in [0.1, 0.15) is 0 Å². The molecule has 2 N–H and O–H groups in total. The summed E-state index contributed by atoms with van der Waals surface area (Å²) < 4.78 is 0. The van der Waals surface area contributed by atoms with E-state index in [9.17, 15) is 0 Å². The lowest BCUT2D eigenvalue weighted by Crippen LogP contribution is -2.40. The Morgan fingerprint density at radius 2 is 2.00 bits per heavy atom. The molecule has 106 valence electrons. The Hall–Kier alpha value is -1.41. The average molecular weight is 268 g/mol. The Balaban J connectivity index is 1.81. The first-order chi connectivity index (χ1) is 9.53. The zero-order chi connectivity index (χ0) is 14.2. The maximum Gasteiger partial charge on any atom is 0.0705 e. The second kappa shape index (κ2) is 5.17. The van der Waals surface area contributed by atoms with Gasteiger partial charge in [0.15, 0.2) is 0 Å². The van der Waals surface area contributed by atoms with Crippen molar-refractivity contribution >= 4 is 10.9 Å². The van der Waals surface area contributed by atoms with Crippen LogP contribution < -0.4 is 5.73 Å². The first kappa shape index (κ1) is 13.6. The van der Waals surface area contributed by atoms with Crippen LogP contribution in [0.1, 0.15) is 38.8 Å². The number of benzene rings is 1. The molecule has 2 unspecified atom stereocenters. The SMILES string of the molecule is CC1(C)CCC(N)C(Cc2ccc3ccccc3n2)C1. The number of nitrogens with two attached hydrogens (primary N) is 1. The van der Waals surface area contributed by atoms with Crippen molar-refractivity contribution in [1.29, 1.82) is 0 Å². The summed E-state index contributed by atoms with van der Waals surface area (Å²) in [5.41, 5.74) is 9.03. The number of aromatic nitrogens is 1. The van der Waals surface area contributed by atoms with E-state index < -0.39 is 0 Å². The summed E-state index contributed by atoms with van der Waals surface area (Å²) in [6.45, 7) is 4.72. The van der Waals surface area contributed by atoms with E-state index in [4.69, 9.17) is 10.7 Å². The molecule has 2 nitrogen and oxygen atoms in total. The molecule has 2 heteroatoms. The molecule has 0 radical (unpaired) electrons. The first-order valence-corrected chi connectivity index (χ1v) is 7.64. The van der Waals surface area contributed by atoms with Gasteiger partial charge in [0, 0.05) is 17.1 Å². The number of pyridine rings is 1. The van der Waals surface area contributed by atoms with Crippen LogP contribution in [0.25, 0.3) is 10.9 Å². The van der Waals surface area contributed by atoms with Crippen LogP contribution in [0, 0.1) is 11.3 Å². The minimum atomic E-state index is 0.330. The summed E-state index contributed by atoms with van der Waals surface area (Å²) in [6, 6.07) is 13.0. The number of hydrogen-bond acceptors (Lipinski definition) is 2. The highest BCUT2D eigenvalue weighted by molar-refractivity contribution is 5.78. The van der Waals surface area contributed by atoms with Gasteiger partial charge in [0.05, 0.1) is 5.52 Å². The average Bonchev–Trinajstić information content (AvgIpc) is 2.43. The van der Waals surface area contributed by atoms with Crippen LogP contribution in [0.4, 0.5) is 0 Å². The highest BCUT2D eigenvalue weighted by Gasteiger charge is 2.33. The molecule has 0 saturated heterocycles. The Kier molecular flexibility index (Phi) is 3.51.